The number of fused-ring (bicyclic) bond motifs is 3. The van der Waals surface area contributed by atoms with E-state index in [4.69, 9.17) is 0 Å². The molecule has 0 spiro atoms. The van der Waals surface area contributed by atoms with Crippen LogP contribution in [0.2, 0.25) is 0 Å². The fourth-order valence-electron chi connectivity index (χ4n) is 5.54. The van der Waals surface area contributed by atoms with Gasteiger partial charge in [0, 0.05) is 0 Å². The Morgan fingerprint density at radius 1 is 0.639 bits per heavy atom. The van der Waals surface area contributed by atoms with Crippen LogP contribution in [0.3, 0.4) is 0 Å². The molecule has 0 atom stereocenters. The third kappa shape index (κ3) is 5.64. The standard InChI is InChI=1S/C15H14.C13H9.C5H5.2BrH.Zr/c1-3-8-14(9-4-1)12-7-13-15-10-5-2-6-11-15;1-3-7-12-10(5-1)9-11-6-2-4-8-13(11)12;1-2-4-5-3-1;;;/h1-6,8-11H,12-13H2;1-5,7-8H,9H2;1-3H,4H2;2*1H;/q;;;;;+2/p-2. The van der Waals surface area contributed by atoms with Crippen LogP contribution in [-0.2, 0) is 40.5 Å². The zero-order valence-corrected chi connectivity index (χ0v) is 25.8. The molecule has 3 heteroatoms. The van der Waals surface area contributed by atoms with E-state index in [1.165, 1.54) is 27.8 Å². The van der Waals surface area contributed by atoms with Crippen LogP contribution in [0.1, 0.15) is 28.7 Å². The molecule has 178 valence electrons. The van der Waals surface area contributed by atoms with Gasteiger partial charge in [-0.1, -0.05) is 0 Å². The summed E-state index contributed by atoms with van der Waals surface area (Å²) in [5.41, 5.74) is 8.87. The third-order valence-electron chi connectivity index (χ3n) is 7.09. The first-order valence-electron chi connectivity index (χ1n) is 12.2. The molecule has 0 nitrogen and oxygen atoms in total. The smallest absolute Gasteiger partial charge is 1.00 e. The van der Waals surface area contributed by atoms with Crippen molar-refractivity contribution in [1.82, 2.24) is 0 Å². The van der Waals surface area contributed by atoms with Crippen LogP contribution in [0.4, 0.5) is 0 Å². The number of allylic oxidation sites excluding steroid dienone is 4. The average Bonchev–Trinajstić information content (AvgIpc) is 3.54. The molecular formula is C33H28Br2Zr. The zero-order chi connectivity index (χ0) is 22.7. The second-order valence-electron chi connectivity index (χ2n) is 9.29. The summed E-state index contributed by atoms with van der Waals surface area (Å²) in [5, 5.41) is 0. The molecule has 6 rings (SSSR count). The van der Waals surface area contributed by atoms with E-state index < -0.39 is 21.3 Å². The minimum absolute atomic E-state index is 0. The van der Waals surface area contributed by atoms with Crippen molar-refractivity contribution in [2.75, 3.05) is 0 Å². The van der Waals surface area contributed by atoms with Crippen molar-refractivity contribution >= 4 is 6.48 Å². The summed E-state index contributed by atoms with van der Waals surface area (Å²) < 4.78 is 5.18. The third-order valence-corrected chi connectivity index (χ3v) is 14.7. The van der Waals surface area contributed by atoms with Crippen molar-refractivity contribution in [2.45, 2.75) is 25.7 Å². The summed E-state index contributed by atoms with van der Waals surface area (Å²) in [6.07, 6.45) is 11.5. The molecule has 0 bridgehead atoms. The largest absolute Gasteiger partial charge is 1.00 e. The summed E-state index contributed by atoms with van der Waals surface area (Å²) in [7, 11) is 0. The van der Waals surface area contributed by atoms with Crippen molar-refractivity contribution < 1.29 is 55.2 Å². The van der Waals surface area contributed by atoms with Gasteiger partial charge in [-0.3, -0.25) is 0 Å². The maximum Gasteiger partial charge on any atom is -1.00 e. The molecule has 0 aliphatic heterocycles. The van der Waals surface area contributed by atoms with Gasteiger partial charge in [0.05, 0.1) is 0 Å². The van der Waals surface area contributed by atoms with Crippen LogP contribution in [0.5, 0.6) is 0 Å². The summed E-state index contributed by atoms with van der Waals surface area (Å²) in [6, 6.07) is 38.4. The SMILES string of the molecule is C1=CC[C]([Zr+2](=[C](Cc2ccccc2)Cc2ccccc2)[c]2cccc3c2Cc2ccccc2-3)=C1.[Br-].[Br-]. The molecule has 4 aromatic rings. The van der Waals surface area contributed by atoms with Gasteiger partial charge in [0.1, 0.15) is 0 Å². The van der Waals surface area contributed by atoms with Gasteiger partial charge in [0.25, 0.3) is 0 Å². The molecule has 36 heavy (non-hydrogen) atoms. The fourth-order valence-corrected chi connectivity index (χ4v) is 13.7. The normalized spacial score (nSPS) is 12.4. The Balaban J connectivity index is 0.00000152. The number of hydrogen-bond donors (Lipinski definition) is 0. The van der Waals surface area contributed by atoms with Crippen LogP contribution in [-0.4, -0.2) is 3.21 Å². The Hall–Kier alpha value is -1.93. The monoisotopic (exact) mass is 672 g/mol. The fraction of sp³-hybridized carbons (Fsp3) is 0.121. The first-order chi connectivity index (χ1) is 16.9. The molecule has 0 N–H and O–H groups in total. The van der Waals surface area contributed by atoms with Gasteiger partial charge in [0.15, 0.2) is 0 Å². The van der Waals surface area contributed by atoms with Crippen molar-refractivity contribution in [3.8, 4) is 11.1 Å². The molecule has 0 amide bonds. The van der Waals surface area contributed by atoms with E-state index in [9.17, 15) is 0 Å². The molecule has 0 unspecified atom stereocenters. The van der Waals surface area contributed by atoms with Gasteiger partial charge in [-0.25, -0.2) is 0 Å². The summed E-state index contributed by atoms with van der Waals surface area (Å²) in [6.45, 7) is 0. The minimum atomic E-state index is -2.34. The number of halogens is 2. The van der Waals surface area contributed by atoms with E-state index in [2.05, 4.69) is 121 Å². The van der Waals surface area contributed by atoms with Crippen molar-refractivity contribution in [3.05, 3.63) is 147 Å². The van der Waals surface area contributed by atoms with E-state index in [0.717, 1.165) is 25.7 Å². The van der Waals surface area contributed by atoms with E-state index in [1.807, 2.05) is 0 Å². The van der Waals surface area contributed by atoms with Crippen molar-refractivity contribution in [2.24, 2.45) is 0 Å². The predicted octanol–water partition coefficient (Wildman–Crippen LogP) is 1.01. The second-order valence-corrected chi connectivity index (χ2v) is 15.8. The Morgan fingerprint density at radius 2 is 1.25 bits per heavy atom. The minimum Gasteiger partial charge on any atom is -1.00 e. The molecule has 0 saturated carbocycles. The van der Waals surface area contributed by atoms with Gasteiger partial charge < -0.3 is 34.0 Å². The Kier molecular flexibility index (Phi) is 9.45. The van der Waals surface area contributed by atoms with E-state index in [1.54, 1.807) is 15.3 Å². The first-order valence-corrected chi connectivity index (χ1v) is 15.9. The van der Waals surface area contributed by atoms with Crippen LogP contribution < -0.4 is 37.2 Å². The number of hydrogen-bond acceptors (Lipinski definition) is 0. The zero-order valence-electron chi connectivity index (χ0n) is 20.1. The summed E-state index contributed by atoms with van der Waals surface area (Å²) in [4.78, 5) is 0. The molecule has 0 saturated heterocycles. The molecule has 0 fully saturated rings. The predicted molar refractivity (Wildman–Crippen MR) is 141 cm³/mol. The van der Waals surface area contributed by atoms with E-state index >= 15 is 0 Å². The van der Waals surface area contributed by atoms with Crippen molar-refractivity contribution in [3.63, 3.8) is 0 Å². The van der Waals surface area contributed by atoms with Crippen LogP contribution >= 0.6 is 0 Å². The maximum absolute atomic E-state index is 2.48. The van der Waals surface area contributed by atoms with Gasteiger partial charge in [0.2, 0.25) is 0 Å². The molecule has 2 aliphatic carbocycles. The van der Waals surface area contributed by atoms with Gasteiger partial charge in [-0.05, 0) is 0 Å². The Labute approximate surface area is 243 Å². The van der Waals surface area contributed by atoms with Gasteiger partial charge in [-0.2, -0.15) is 0 Å². The van der Waals surface area contributed by atoms with Crippen LogP contribution in [0, 0.1) is 0 Å². The van der Waals surface area contributed by atoms with Gasteiger partial charge in [-0.15, -0.1) is 0 Å². The summed E-state index contributed by atoms with van der Waals surface area (Å²) in [5.74, 6) is 0. The average molecular weight is 676 g/mol. The second kappa shape index (κ2) is 12.5. The summed E-state index contributed by atoms with van der Waals surface area (Å²) >= 11 is -2.34. The molecular weight excluding hydrogens is 647 g/mol. The van der Waals surface area contributed by atoms with Crippen LogP contribution in [0.25, 0.3) is 11.1 Å². The number of rotatable bonds is 6. The number of benzene rings is 4. The Bertz CT molecular complexity index is 1390. The topological polar surface area (TPSA) is 0 Å². The molecule has 0 heterocycles. The van der Waals surface area contributed by atoms with E-state index in [-0.39, 0.29) is 34.0 Å². The molecule has 0 radical (unpaired) electrons. The first kappa shape index (κ1) is 27.1. The van der Waals surface area contributed by atoms with Crippen molar-refractivity contribution in [1.29, 1.82) is 0 Å². The van der Waals surface area contributed by atoms with E-state index in [0.29, 0.717) is 0 Å². The molecule has 2 aliphatic rings. The maximum atomic E-state index is 2.48. The van der Waals surface area contributed by atoms with Gasteiger partial charge >= 0.3 is 211 Å². The Morgan fingerprint density at radius 3 is 1.89 bits per heavy atom. The molecule has 4 aromatic carbocycles. The quantitative estimate of drug-likeness (QED) is 0.253. The van der Waals surface area contributed by atoms with Crippen LogP contribution in [0.15, 0.2) is 125 Å². The molecule has 0 aromatic heterocycles.